The van der Waals surface area contributed by atoms with Gasteiger partial charge in [-0.05, 0) is 17.6 Å². The Morgan fingerprint density at radius 1 is 0.870 bits per heavy atom. The van der Waals surface area contributed by atoms with E-state index in [9.17, 15) is 0 Å². The van der Waals surface area contributed by atoms with Crippen molar-refractivity contribution in [3.63, 3.8) is 0 Å². The van der Waals surface area contributed by atoms with Crippen LogP contribution in [-0.4, -0.2) is 16.7 Å². The first-order chi connectivity index (χ1) is 11.2. The van der Waals surface area contributed by atoms with E-state index in [2.05, 4.69) is 69.9 Å². The zero-order chi connectivity index (χ0) is 15.6. The van der Waals surface area contributed by atoms with Crippen LogP contribution in [0, 0.1) is 0 Å². The monoisotopic (exact) mass is 300 g/mol. The van der Waals surface area contributed by atoms with Gasteiger partial charge >= 0.3 is 6.71 Å². The summed E-state index contributed by atoms with van der Waals surface area (Å²) in [7, 11) is 4.29. The average molecular weight is 300 g/mol. The van der Waals surface area contributed by atoms with Gasteiger partial charge in [0.05, 0.1) is 0 Å². The molecule has 2 aliphatic heterocycles. The van der Waals surface area contributed by atoms with Crippen molar-refractivity contribution in [3.05, 3.63) is 65.5 Å². The molecule has 4 nitrogen and oxygen atoms in total. The summed E-state index contributed by atoms with van der Waals surface area (Å²) in [5.74, 6) is 0. The van der Waals surface area contributed by atoms with Crippen LogP contribution in [0.1, 0.15) is 22.5 Å². The zero-order valence-corrected chi connectivity index (χ0v) is 13.3. The lowest BCUT2D eigenvalue weighted by Crippen LogP contribution is -2.75. The molecule has 5 heteroatoms. The number of nitrogens with zero attached hydrogens (tertiary/aromatic N) is 4. The van der Waals surface area contributed by atoms with Gasteiger partial charge in [-0.1, -0.05) is 0 Å². The first-order valence-electron chi connectivity index (χ1n) is 8.01. The molecule has 0 bridgehead atoms. The van der Waals surface area contributed by atoms with Gasteiger partial charge in [-0.15, -0.1) is 0 Å². The second kappa shape index (κ2) is 4.48. The van der Waals surface area contributed by atoms with E-state index in [4.69, 9.17) is 0 Å². The highest BCUT2D eigenvalue weighted by molar-refractivity contribution is 6.95. The molecule has 0 saturated carbocycles. The first-order valence-corrected chi connectivity index (χ1v) is 8.01. The Morgan fingerprint density at radius 3 is 1.91 bits per heavy atom. The van der Waals surface area contributed by atoms with Gasteiger partial charge in [0.25, 0.3) is 0 Å². The minimum atomic E-state index is 0.228. The van der Waals surface area contributed by atoms with E-state index in [0.29, 0.717) is 0 Å². The van der Waals surface area contributed by atoms with Gasteiger partial charge in [-0.25, -0.2) is 19.1 Å². The predicted octanol–water partition coefficient (Wildman–Crippen LogP) is -1.55. The molecule has 0 radical (unpaired) electrons. The Kier molecular flexibility index (Phi) is 2.52. The van der Waals surface area contributed by atoms with Gasteiger partial charge in [0.2, 0.25) is 0 Å². The number of pyridine rings is 2. The molecule has 0 unspecified atom stereocenters. The van der Waals surface area contributed by atoms with Crippen molar-refractivity contribution in [2.45, 2.75) is 12.8 Å². The van der Waals surface area contributed by atoms with Crippen LogP contribution in [-0.2, 0) is 26.9 Å². The van der Waals surface area contributed by atoms with E-state index in [1.807, 2.05) is 0 Å². The topological polar surface area (TPSA) is 33.5 Å². The second-order valence-corrected chi connectivity index (χ2v) is 6.53. The zero-order valence-electron chi connectivity index (χ0n) is 13.3. The largest absolute Gasteiger partial charge is 0.410 e. The molecule has 0 N–H and O–H groups in total. The lowest BCUT2D eigenvalue weighted by Gasteiger charge is -2.27. The fourth-order valence-electron chi connectivity index (χ4n) is 4.29. The number of rotatable bonds is 0. The third-order valence-electron chi connectivity index (χ3n) is 5.23. The Morgan fingerprint density at radius 2 is 1.39 bits per heavy atom. The van der Waals surface area contributed by atoms with E-state index in [1.165, 1.54) is 39.2 Å². The molecule has 0 fully saturated rings. The fraction of sp³-hybridized carbons (Fsp3) is 0.222. The van der Waals surface area contributed by atoms with Crippen molar-refractivity contribution in [2.75, 3.05) is 0 Å². The van der Waals surface area contributed by atoms with Gasteiger partial charge in [-0.3, -0.25) is 0 Å². The highest BCUT2D eigenvalue weighted by Gasteiger charge is 2.48. The van der Waals surface area contributed by atoms with Crippen LogP contribution in [0.3, 0.4) is 0 Å². The van der Waals surface area contributed by atoms with Crippen LogP contribution in [0.15, 0.2) is 43.0 Å². The molecule has 0 aliphatic carbocycles. The van der Waals surface area contributed by atoms with Crippen LogP contribution in [0.5, 0.6) is 0 Å². The minimum absolute atomic E-state index is 0.228. The molecule has 3 aromatic heterocycles. The summed E-state index contributed by atoms with van der Waals surface area (Å²) in [6.45, 7) is 0.228. The van der Waals surface area contributed by atoms with E-state index in [0.717, 1.165) is 12.8 Å². The third-order valence-corrected chi connectivity index (χ3v) is 5.23. The van der Waals surface area contributed by atoms with Crippen molar-refractivity contribution >= 4 is 23.4 Å². The standard InChI is InChI=1S/C18H17BN4/c1-22-7-3-5-12-9-14-16-15(21-11-20-14)10-13-6-4-8-23(2)18(13)19(16)17(12)22/h3-8,11H,9-10H2,1-2H3/q+2. The molecular formula is C18H17BN4+2. The average Bonchev–Trinajstić information content (AvgIpc) is 2.55. The molecule has 0 saturated heterocycles. The van der Waals surface area contributed by atoms with Crippen molar-refractivity contribution in [1.29, 1.82) is 0 Å². The molecular weight excluding hydrogens is 283 g/mol. The number of aromatic nitrogens is 4. The van der Waals surface area contributed by atoms with Crippen LogP contribution in [0.2, 0.25) is 0 Å². The summed E-state index contributed by atoms with van der Waals surface area (Å²) in [6, 6.07) is 8.72. The van der Waals surface area contributed by atoms with E-state index in [1.54, 1.807) is 6.33 Å². The van der Waals surface area contributed by atoms with E-state index >= 15 is 0 Å². The molecule has 0 atom stereocenters. The van der Waals surface area contributed by atoms with Crippen LogP contribution in [0.25, 0.3) is 0 Å². The van der Waals surface area contributed by atoms with Crippen LogP contribution in [0.4, 0.5) is 0 Å². The van der Waals surface area contributed by atoms with Crippen molar-refractivity contribution < 1.29 is 9.13 Å². The molecule has 0 spiro atoms. The number of hydrogen-bond acceptors (Lipinski definition) is 2. The number of fused-ring (bicyclic) bond motifs is 4. The molecule has 23 heavy (non-hydrogen) atoms. The molecule has 110 valence electrons. The molecule has 5 rings (SSSR count). The van der Waals surface area contributed by atoms with Gasteiger partial charge in [0.1, 0.15) is 20.4 Å². The van der Waals surface area contributed by atoms with Crippen LogP contribution >= 0.6 is 0 Å². The van der Waals surface area contributed by atoms with E-state index < -0.39 is 0 Å². The van der Waals surface area contributed by atoms with Gasteiger partial charge in [0.15, 0.2) is 23.6 Å². The Balaban J connectivity index is 1.91. The maximum absolute atomic E-state index is 4.61. The maximum atomic E-state index is 4.61. The second-order valence-electron chi connectivity index (χ2n) is 6.53. The highest BCUT2D eigenvalue weighted by Crippen LogP contribution is 2.17. The summed E-state index contributed by atoms with van der Waals surface area (Å²) in [5, 5.41) is 0. The van der Waals surface area contributed by atoms with E-state index in [-0.39, 0.29) is 6.71 Å². The quantitative estimate of drug-likeness (QED) is 0.256. The Hall–Kier alpha value is -2.56. The van der Waals surface area contributed by atoms with Gasteiger partial charge < -0.3 is 0 Å². The smallest absolute Gasteiger partial charge is 0.242 e. The Labute approximate surface area is 135 Å². The number of hydrogen-bond donors (Lipinski definition) is 0. The molecule has 5 heterocycles. The van der Waals surface area contributed by atoms with Crippen molar-refractivity contribution in [1.82, 2.24) is 9.97 Å². The summed E-state index contributed by atoms with van der Waals surface area (Å²) in [4.78, 5) is 9.23. The van der Waals surface area contributed by atoms with Crippen LogP contribution < -0.4 is 25.8 Å². The SMILES string of the molecule is C[n+]1cccc2c1B1c3c(ncnc3Cc3ccc[n+](C)c31)C2. The summed E-state index contributed by atoms with van der Waals surface area (Å²) in [6.07, 6.45) is 7.82. The molecule has 2 aliphatic rings. The summed E-state index contributed by atoms with van der Waals surface area (Å²) >= 11 is 0. The summed E-state index contributed by atoms with van der Waals surface area (Å²) in [5.41, 5.74) is 9.19. The first kappa shape index (κ1) is 12.9. The predicted molar refractivity (Wildman–Crippen MR) is 87.5 cm³/mol. The highest BCUT2D eigenvalue weighted by atomic mass is 14.9. The fourth-order valence-corrected chi connectivity index (χ4v) is 4.29. The Bertz CT molecular complexity index is 861. The van der Waals surface area contributed by atoms with Crippen molar-refractivity contribution in [2.24, 2.45) is 14.1 Å². The van der Waals surface area contributed by atoms with Gasteiger partial charge in [0, 0.05) is 47.5 Å². The summed E-state index contributed by atoms with van der Waals surface area (Å²) < 4.78 is 4.53. The van der Waals surface area contributed by atoms with Gasteiger partial charge in [-0.2, -0.15) is 0 Å². The lowest BCUT2D eigenvalue weighted by atomic mass is 9.34. The maximum Gasteiger partial charge on any atom is 0.410 e. The number of aryl methyl sites for hydroxylation is 2. The molecule has 3 aromatic rings. The third kappa shape index (κ3) is 1.67. The molecule has 0 aromatic carbocycles. The van der Waals surface area contributed by atoms with Crippen molar-refractivity contribution in [3.8, 4) is 0 Å². The lowest BCUT2D eigenvalue weighted by molar-refractivity contribution is -0.659. The minimum Gasteiger partial charge on any atom is -0.242 e. The molecule has 0 amide bonds. The normalized spacial score (nSPS) is 14.1.